The van der Waals surface area contributed by atoms with Gasteiger partial charge in [0.25, 0.3) is 0 Å². The third-order valence-electron chi connectivity index (χ3n) is 4.30. The monoisotopic (exact) mass is 331 g/mol. The number of hydrogen-bond donors (Lipinski definition) is 0. The maximum Gasteiger partial charge on any atom is 0.227 e. The lowest BCUT2D eigenvalue weighted by Crippen LogP contribution is -2.23. The Kier molecular flexibility index (Phi) is 3.90. The number of fused-ring (bicyclic) bond motifs is 1. The van der Waals surface area contributed by atoms with Gasteiger partial charge in [-0.2, -0.15) is 0 Å². The predicted octanol–water partition coefficient (Wildman–Crippen LogP) is 3.36. The summed E-state index contributed by atoms with van der Waals surface area (Å²) in [6.07, 6.45) is 8.46. The Morgan fingerprint density at radius 3 is 2.88 bits per heavy atom. The average Bonchev–Trinajstić information content (AvgIpc) is 3.25. The number of carbonyl (C=O) groups is 2. The molecular formula is C20H17N3O2. The number of imidazole rings is 1. The molecule has 25 heavy (non-hydrogen) atoms. The van der Waals surface area contributed by atoms with E-state index < -0.39 is 0 Å². The van der Waals surface area contributed by atoms with Gasteiger partial charge < -0.3 is 9.30 Å². The van der Waals surface area contributed by atoms with Crippen molar-refractivity contribution in [2.75, 3.05) is 11.4 Å². The number of pyridine rings is 1. The molecule has 1 aliphatic rings. The van der Waals surface area contributed by atoms with Gasteiger partial charge in [-0.25, -0.2) is 4.98 Å². The summed E-state index contributed by atoms with van der Waals surface area (Å²) in [6, 6.07) is 13.0. The SMILES string of the molecule is O=C(/C=C\c1cn2ccccc2n1)c1cccc(N2CCCC2=O)c1. The van der Waals surface area contributed by atoms with Gasteiger partial charge in [-0.1, -0.05) is 18.2 Å². The molecule has 5 heteroatoms. The minimum atomic E-state index is -0.106. The Labute approximate surface area is 145 Å². The number of carbonyl (C=O) groups excluding carboxylic acids is 2. The molecule has 3 aromatic rings. The van der Waals surface area contributed by atoms with Crippen LogP contribution >= 0.6 is 0 Å². The highest BCUT2D eigenvalue weighted by Crippen LogP contribution is 2.22. The van der Waals surface area contributed by atoms with Crippen LogP contribution in [0.4, 0.5) is 5.69 Å². The molecule has 4 rings (SSSR count). The van der Waals surface area contributed by atoms with Crippen molar-refractivity contribution in [3.63, 3.8) is 0 Å². The Bertz CT molecular complexity index is 954. The topological polar surface area (TPSA) is 54.7 Å². The summed E-state index contributed by atoms with van der Waals surface area (Å²) in [7, 11) is 0. The minimum Gasteiger partial charge on any atom is -0.312 e. The van der Waals surface area contributed by atoms with E-state index in [4.69, 9.17) is 0 Å². The van der Waals surface area contributed by atoms with Gasteiger partial charge in [0.05, 0.1) is 5.69 Å². The van der Waals surface area contributed by atoms with Gasteiger partial charge in [0.15, 0.2) is 5.78 Å². The first-order chi connectivity index (χ1) is 12.2. The molecule has 2 aromatic heterocycles. The van der Waals surface area contributed by atoms with Crippen molar-refractivity contribution in [2.45, 2.75) is 12.8 Å². The molecule has 1 fully saturated rings. The fraction of sp³-hybridized carbons (Fsp3) is 0.150. The molecule has 1 aromatic carbocycles. The Morgan fingerprint density at radius 1 is 1.16 bits per heavy atom. The zero-order valence-corrected chi connectivity index (χ0v) is 13.6. The van der Waals surface area contributed by atoms with Crippen molar-refractivity contribution in [2.24, 2.45) is 0 Å². The molecular weight excluding hydrogens is 314 g/mol. The minimum absolute atomic E-state index is 0.106. The highest BCUT2D eigenvalue weighted by molar-refractivity contribution is 6.07. The van der Waals surface area contributed by atoms with Crippen LogP contribution in [0.5, 0.6) is 0 Å². The van der Waals surface area contributed by atoms with Crippen molar-refractivity contribution < 1.29 is 9.59 Å². The predicted molar refractivity (Wildman–Crippen MR) is 96.6 cm³/mol. The molecule has 124 valence electrons. The van der Waals surface area contributed by atoms with E-state index in [0.717, 1.165) is 23.4 Å². The van der Waals surface area contributed by atoms with Crippen LogP contribution in [0.3, 0.4) is 0 Å². The highest BCUT2D eigenvalue weighted by atomic mass is 16.2. The number of nitrogens with zero attached hydrogens (tertiary/aromatic N) is 3. The normalized spacial score (nSPS) is 14.7. The first kappa shape index (κ1) is 15.3. The molecule has 1 aliphatic heterocycles. The maximum absolute atomic E-state index is 12.5. The Balaban J connectivity index is 1.55. The number of allylic oxidation sites excluding steroid dienone is 1. The van der Waals surface area contributed by atoms with E-state index in [1.54, 1.807) is 23.1 Å². The van der Waals surface area contributed by atoms with Gasteiger partial charge in [0.1, 0.15) is 5.65 Å². The maximum atomic E-state index is 12.5. The standard InChI is InChI=1S/C20H17N3O2/c24-18(10-9-16-14-22-11-2-1-7-19(22)21-16)15-5-3-6-17(13-15)23-12-4-8-20(23)25/h1-3,5-7,9-11,13-14H,4,8,12H2/b10-9-. The summed E-state index contributed by atoms with van der Waals surface area (Å²) >= 11 is 0. The third kappa shape index (κ3) is 3.08. The van der Waals surface area contributed by atoms with Crippen LogP contribution in [0.2, 0.25) is 0 Å². The van der Waals surface area contributed by atoms with Crippen molar-refractivity contribution >= 4 is 29.1 Å². The highest BCUT2D eigenvalue weighted by Gasteiger charge is 2.22. The number of aromatic nitrogens is 2. The third-order valence-corrected chi connectivity index (χ3v) is 4.30. The van der Waals surface area contributed by atoms with Gasteiger partial charge >= 0.3 is 0 Å². The molecule has 1 saturated heterocycles. The molecule has 0 N–H and O–H groups in total. The van der Waals surface area contributed by atoms with Crippen LogP contribution in [0.15, 0.2) is 60.9 Å². The first-order valence-electron chi connectivity index (χ1n) is 8.27. The van der Waals surface area contributed by atoms with Crippen molar-refractivity contribution in [1.29, 1.82) is 0 Å². The zero-order chi connectivity index (χ0) is 17.2. The van der Waals surface area contributed by atoms with E-state index in [-0.39, 0.29) is 11.7 Å². The molecule has 0 aliphatic carbocycles. The van der Waals surface area contributed by atoms with Crippen LogP contribution in [-0.4, -0.2) is 27.6 Å². The summed E-state index contributed by atoms with van der Waals surface area (Å²) in [5.74, 6) is 0.00962. The van der Waals surface area contributed by atoms with Crippen molar-refractivity contribution in [1.82, 2.24) is 9.38 Å². The Morgan fingerprint density at radius 2 is 2.08 bits per heavy atom. The molecule has 0 unspecified atom stereocenters. The lowest BCUT2D eigenvalue weighted by atomic mass is 10.1. The van der Waals surface area contributed by atoms with Crippen LogP contribution in [0.1, 0.15) is 28.9 Å². The smallest absolute Gasteiger partial charge is 0.227 e. The van der Waals surface area contributed by atoms with E-state index >= 15 is 0 Å². The molecule has 3 heterocycles. The largest absolute Gasteiger partial charge is 0.312 e. The van der Waals surface area contributed by atoms with E-state index in [2.05, 4.69) is 4.98 Å². The summed E-state index contributed by atoms with van der Waals surface area (Å²) in [5.41, 5.74) is 2.92. The van der Waals surface area contributed by atoms with E-state index in [1.165, 1.54) is 6.08 Å². The summed E-state index contributed by atoms with van der Waals surface area (Å²) in [6.45, 7) is 0.716. The van der Waals surface area contributed by atoms with Gasteiger partial charge in [-0.05, 0) is 42.8 Å². The van der Waals surface area contributed by atoms with Crippen LogP contribution in [0.25, 0.3) is 11.7 Å². The molecule has 0 spiro atoms. The second kappa shape index (κ2) is 6.36. The fourth-order valence-electron chi connectivity index (χ4n) is 3.04. The lowest BCUT2D eigenvalue weighted by Gasteiger charge is -2.16. The average molecular weight is 331 g/mol. The van der Waals surface area contributed by atoms with Gasteiger partial charge in [-0.15, -0.1) is 0 Å². The van der Waals surface area contributed by atoms with Gasteiger partial charge in [0.2, 0.25) is 5.91 Å². The van der Waals surface area contributed by atoms with Crippen LogP contribution in [0, 0.1) is 0 Å². The summed E-state index contributed by atoms with van der Waals surface area (Å²) in [5, 5.41) is 0. The van der Waals surface area contributed by atoms with Crippen LogP contribution < -0.4 is 4.90 Å². The number of rotatable bonds is 4. The summed E-state index contributed by atoms with van der Waals surface area (Å²) in [4.78, 5) is 30.5. The quantitative estimate of drug-likeness (QED) is 0.544. The van der Waals surface area contributed by atoms with E-state index in [9.17, 15) is 9.59 Å². The molecule has 0 radical (unpaired) electrons. The molecule has 5 nitrogen and oxygen atoms in total. The number of hydrogen-bond acceptors (Lipinski definition) is 3. The fourth-order valence-corrected chi connectivity index (χ4v) is 3.04. The van der Waals surface area contributed by atoms with E-state index in [0.29, 0.717) is 18.5 Å². The molecule has 0 saturated carbocycles. The number of benzene rings is 1. The zero-order valence-electron chi connectivity index (χ0n) is 13.6. The molecule has 1 amide bonds. The second-order valence-electron chi connectivity index (χ2n) is 6.03. The van der Waals surface area contributed by atoms with E-state index in [1.807, 2.05) is 47.1 Å². The number of amides is 1. The van der Waals surface area contributed by atoms with Gasteiger partial charge in [-0.3, -0.25) is 9.59 Å². The number of ketones is 1. The van der Waals surface area contributed by atoms with Crippen molar-refractivity contribution in [3.8, 4) is 0 Å². The lowest BCUT2D eigenvalue weighted by molar-refractivity contribution is -0.117. The van der Waals surface area contributed by atoms with Crippen molar-refractivity contribution in [3.05, 3.63) is 72.2 Å². The van der Waals surface area contributed by atoms with Gasteiger partial charge in [0, 0.05) is 36.6 Å². The number of anilines is 1. The molecule has 0 bridgehead atoms. The van der Waals surface area contributed by atoms with Crippen LogP contribution in [-0.2, 0) is 4.79 Å². The summed E-state index contributed by atoms with van der Waals surface area (Å²) < 4.78 is 1.91. The Hall–Kier alpha value is -3.21. The first-order valence-corrected chi connectivity index (χ1v) is 8.27. The second-order valence-corrected chi connectivity index (χ2v) is 6.03. The molecule has 0 atom stereocenters.